The van der Waals surface area contributed by atoms with Crippen LogP contribution in [0, 0.1) is 0 Å². The molecule has 82 valence electrons. The Bertz CT molecular complexity index is 201. The Morgan fingerprint density at radius 1 is 1.36 bits per heavy atom. The fraction of sp³-hybridized carbons (Fsp3) is 0.700. The Balaban J connectivity index is 4.19. The molecule has 0 heterocycles. The molecule has 0 aromatic heterocycles. The number of rotatable bonds is 7. The second-order valence-electron chi connectivity index (χ2n) is 3.31. The highest BCUT2D eigenvalue weighted by atomic mass is 28.4. The van der Waals surface area contributed by atoms with E-state index in [2.05, 4.69) is 6.58 Å². The summed E-state index contributed by atoms with van der Waals surface area (Å²) in [6, 6.07) is 1.73. The average molecular weight is 216 g/mol. The van der Waals surface area contributed by atoms with Gasteiger partial charge in [-0.1, -0.05) is 20.4 Å². The molecule has 0 aromatic carbocycles. The summed E-state index contributed by atoms with van der Waals surface area (Å²) >= 11 is 0. The van der Waals surface area contributed by atoms with Crippen LogP contribution in [0.25, 0.3) is 0 Å². The van der Waals surface area contributed by atoms with Gasteiger partial charge < -0.3 is 8.85 Å². The van der Waals surface area contributed by atoms with Crippen molar-refractivity contribution >= 4 is 14.3 Å². The van der Waals surface area contributed by atoms with Gasteiger partial charge in [-0.25, -0.2) is 0 Å². The molecule has 0 unspecified atom stereocenters. The summed E-state index contributed by atoms with van der Waals surface area (Å²) in [6.07, 6.45) is 0. The molecule has 0 rings (SSSR count). The van der Waals surface area contributed by atoms with E-state index in [1.165, 1.54) is 0 Å². The maximum Gasteiger partial charge on any atom is 0.337 e. The van der Waals surface area contributed by atoms with E-state index in [0.717, 1.165) is 12.1 Å². The summed E-state index contributed by atoms with van der Waals surface area (Å²) in [6.45, 7) is 9.44. The van der Waals surface area contributed by atoms with Crippen LogP contribution in [0.5, 0.6) is 0 Å². The third kappa shape index (κ3) is 3.73. The van der Waals surface area contributed by atoms with Crippen LogP contribution in [-0.4, -0.2) is 28.1 Å². The quantitative estimate of drug-likeness (QED) is 0.484. The van der Waals surface area contributed by atoms with E-state index in [1.807, 2.05) is 13.8 Å². The first-order chi connectivity index (χ1) is 6.51. The Morgan fingerprint density at radius 2 is 1.86 bits per heavy atom. The standard InChI is InChI=1S/C10H20O3Si/c1-6-14(7-2,12-5)13-8-10(11)9(3)4/h3,6-8H2,1-2,4-5H3. The molecule has 0 fully saturated rings. The van der Waals surface area contributed by atoms with Crippen molar-refractivity contribution in [3.05, 3.63) is 12.2 Å². The van der Waals surface area contributed by atoms with Crippen molar-refractivity contribution in [3.63, 3.8) is 0 Å². The molecular weight excluding hydrogens is 196 g/mol. The first kappa shape index (κ1) is 13.5. The first-order valence-electron chi connectivity index (χ1n) is 4.89. The zero-order valence-corrected chi connectivity index (χ0v) is 10.6. The fourth-order valence-electron chi connectivity index (χ4n) is 1.12. The summed E-state index contributed by atoms with van der Waals surface area (Å²) in [7, 11) is -0.431. The Morgan fingerprint density at radius 3 is 2.14 bits per heavy atom. The highest BCUT2D eigenvalue weighted by molar-refractivity contribution is 6.67. The van der Waals surface area contributed by atoms with Gasteiger partial charge in [-0.2, -0.15) is 0 Å². The van der Waals surface area contributed by atoms with Crippen LogP contribution in [-0.2, 0) is 13.6 Å². The number of hydrogen-bond acceptors (Lipinski definition) is 3. The highest BCUT2D eigenvalue weighted by Gasteiger charge is 2.32. The predicted octanol–water partition coefficient (Wildman–Crippen LogP) is 2.28. The van der Waals surface area contributed by atoms with Crippen LogP contribution >= 0.6 is 0 Å². The molecule has 0 aliphatic carbocycles. The molecule has 0 atom stereocenters. The zero-order chi connectivity index (χ0) is 11.2. The van der Waals surface area contributed by atoms with Gasteiger partial charge in [-0.05, 0) is 24.6 Å². The molecule has 0 saturated carbocycles. The van der Waals surface area contributed by atoms with Gasteiger partial charge in [0, 0.05) is 7.11 Å². The van der Waals surface area contributed by atoms with E-state index in [9.17, 15) is 4.79 Å². The maximum atomic E-state index is 11.3. The van der Waals surface area contributed by atoms with Gasteiger partial charge in [0.25, 0.3) is 0 Å². The lowest BCUT2D eigenvalue weighted by Crippen LogP contribution is -2.41. The molecule has 0 saturated heterocycles. The van der Waals surface area contributed by atoms with E-state index in [-0.39, 0.29) is 12.4 Å². The van der Waals surface area contributed by atoms with E-state index in [0.29, 0.717) is 5.57 Å². The lowest BCUT2D eigenvalue weighted by Gasteiger charge is -2.26. The molecule has 3 nitrogen and oxygen atoms in total. The van der Waals surface area contributed by atoms with Crippen molar-refractivity contribution in [1.29, 1.82) is 0 Å². The second kappa shape index (κ2) is 6.11. The number of carbonyl (C=O) groups excluding carboxylic acids is 1. The van der Waals surface area contributed by atoms with Crippen molar-refractivity contribution in [2.75, 3.05) is 13.7 Å². The van der Waals surface area contributed by atoms with Gasteiger partial charge >= 0.3 is 8.56 Å². The summed E-state index contributed by atoms with van der Waals surface area (Å²) in [5.74, 6) is -0.0409. The monoisotopic (exact) mass is 216 g/mol. The summed E-state index contributed by atoms with van der Waals surface area (Å²) in [4.78, 5) is 11.3. The fourth-order valence-corrected chi connectivity index (χ4v) is 3.12. The molecule has 0 aromatic rings. The van der Waals surface area contributed by atoms with Crippen molar-refractivity contribution < 1.29 is 13.6 Å². The summed E-state index contributed by atoms with van der Waals surface area (Å²) in [5, 5.41) is 0. The molecule has 0 aliphatic rings. The van der Waals surface area contributed by atoms with Gasteiger partial charge in [0.05, 0.1) is 6.61 Å². The third-order valence-electron chi connectivity index (χ3n) is 2.39. The van der Waals surface area contributed by atoms with Gasteiger partial charge in [0.15, 0.2) is 5.78 Å². The molecule has 0 radical (unpaired) electrons. The lowest BCUT2D eigenvalue weighted by atomic mass is 10.2. The lowest BCUT2D eigenvalue weighted by molar-refractivity contribution is -0.118. The molecule has 0 aliphatic heterocycles. The largest absolute Gasteiger partial charge is 0.398 e. The third-order valence-corrected chi connectivity index (χ3v) is 5.96. The maximum absolute atomic E-state index is 11.3. The molecule has 4 heteroatoms. The Hall–Kier alpha value is -0.453. The van der Waals surface area contributed by atoms with Crippen molar-refractivity contribution in [2.24, 2.45) is 0 Å². The first-order valence-corrected chi connectivity index (χ1v) is 7.12. The highest BCUT2D eigenvalue weighted by Crippen LogP contribution is 2.17. The van der Waals surface area contributed by atoms with Gasteiger partial charge in [0.2, 0.25) is 0 Å². The molecular formula is C10H20O3Si. The second-order valence-corrected chi connectivity index (χ2v) is 7.25. The number of ketones is 1. The Kier molecular flexibility index (Phi) is 5.91. The minimum absolute atomic E-state index is 0.0409. The van der Waals surface area contributed by atoms with Gasteiger partial charge in [-0.3, -0.25) is 4.79 Å². The van der Waals surface area contributed by atoms with Crippen LogP contribution in [0.2, 0.25) is 12.1 Å². The Labute approximate surface area is 87.4 Å². The van der Waals surface area contributed by atoms with Crippen LogP contribution < -0.4 is 0 Å². The smallest absolute Gasteiger partial charge is 0.337 e. The molecule has 0 bridgehead atoms. The zero-order valence-electron chi connectivity index (χ0n) is 9.55. The van der Waals surface area contributed by atoms with E-state index in [1.54, 1.807) is 14.0 Å². The minimum Gasteiger partial charge on any atom is -0.398 e. The summed E-state index contributed by atoms with van der Waals surface area (Å²) < 4.78 is 11.0. The molecule has 14 heavy (non-hydrogen) atoms. The topological polar surface area (TPSA) is 35.5 Å². The minimum atomic E-state index is -2.09. The van der Waals surface area contributed by atoms with E-state index in [4.69, 9.17) is 8.85 Å². The van der Waals surface area contributed by atoms with E-state index < -0.39 is 8.56 Å². The molecule has 0 spiro atoms. The average Bonchev–Trinajstić information content (AvgIpc) is 2.20. The van der Waals surface area contributed by atoms with Crippen LogP contribution in [0.15, 0.2) is 12.2 Å². The normalized spacial score (nSPS) is 11.4. The predicted molar refractivity (Wildman–Crippen MR) is 59.5 cm³/mol. The molecule has 0 N–H and O–H groups in total. The molecule has 0 amide bonds. The van der Waals surface area contributed by atoms with Gasteiger partial charge in [0.1, 0.15) is 0 Å². The SMILES string of the molecule is C=C(C)C(=O)CO[Si](CC)(CC)OC. The van der Waals surface area contributed by atoms with Crippen LogP contribution in [0.1, 0.15) is 20.8 Å². The van der Waals surface area contributed by atoms with E-state index >= 15 is 0 Å². The summed E-state index contributed by atoms with van der Waals surface area (Å²) in [5.41, 5.74) is 0.538. The number of hydrogen-bond donors (Lipinski definition) is 0. The van der Waals surface area contributed by atoms with Crippen molar-refractivity contribution in [3.8, 4) is 0 Å². The van der Waals surface area contributed by atoms with Gasteiger partial charge in [-0.15, -0.1) is 0 Å². The number of carbonyl (C=O) groups is 1. The number of Topliss-reactive ketones (excluding diaryl/α,β-unsaturated/α-hetero) is 1. The van der Waals surface area contributed by atoms with Crippen molar-refractivity contribution in [2.45, 2.75) is 32.9 Å². The van der Waals surface area contributed by atoms with Crippen LogP contribution in [0.3, 0.4) is 0 Å². The van der Waals surface area contributed by atoms with Crippen molar-refractivity contribution in [1.82, 2.24) is 0 Å². The van der Waals surface area contributed by atoms with Crippen LogP contribution in [0.4, 0.5) is 0 Å².